The van der Waals surface area contributed by atoms with E-state index in [9.17, 15) is 18.5 Å². The zero-order chi connectivity index (χ0) is 17.9. The molecule has 0 spiro atoms. The standard InChI is InChI=1S/C16H24N2O5S/c1-4-8-23-15-6-5-7-17(11-15)24(21,22)16-10-14(18(19)20)9-12(2)13(16)3/h9-10,15H,4-8,11H2,1-3H3. The zero-order valence-electron chi connectivity index (χ0n) is 14.3. The third-order valence-corrected chi connectivity index (χ3v) is 6.32. The van der Waals surface area contributed by atoms with E-state index in [0.717, 1.165) is 25.3 Å². The molecule has 1 aliphatic heterocycles. The van der Waals surface area contributed by atoms with Gasteiger partial charge in [0.05, 0.1) is 15.9 Å². The Bertz CT molecular complexity index is 717. The number of rotatable bonds is 6. The van der Waals surface area contributed by atoms with Crippen molar-refractivity contribution in [2.24, 2.45) is 0 Å². The minimum Gasteiger partial charge on any atom is -0.377 e. The fraction of sp³-hybridized carbons (Fsp3) is 0.625. The highest BCUT2D eigenvalue weighted by Gasteiger charge is 2.33. The van der Waals surface area contributed by atoms with Crippen LogP contribution < -0.4 is 0 Å². The molecule has 0 aliphatic carbocycles. The lowest BCUT2D eigenvalue weighted by Crippen LogP contribution is -2.43. The fourth-order valence-electron chi connectivity index (χ4n) is 2.86. The third-order valence-electron chi connectivity index (χ3n) is 4.33. The second-order valence-corrected chi connectivity index (χ2v) is 8.05. The van der Waals surface area contributed by atoms with Gasteiger partial charge in [-0.25, -0.2) is 8.42 Å². The molecule has 2 rings (SSSR count). The summed E-state index contributed by atoms with van der Waals surface area (Å²) in [6.07, 6.45) is 2.32. The van der Waals surface area contributed by atoms with Crippen LogP contribution in [0.3, 0.4) is 0 Å². The summed E-state index contributed by atoms with van der Waals surface area (Å²) in [5.41, 5.74) is 0.947. The van der Waals surface area contributed by atoms with Gasteiger partial charge >= 0.3 is 0 Å². The number of nitro benzene ring substituents is 1. The molecule has 0 amide bonds. The quantitative estimate of drug-likeness (QED) is 0.577. The Labute approximate surface area is 142 Å². The Morgan fingerprint density at radius 1 is 1.38 bits per heavy atom. The van der Waals surface area contributed by atoms with Gasteiger partial charge in [0.25, 0.3) is 5.69 Å². The average molecular weight is 356 g/mol. The summed E-state index contributed by atoms with van der Waals surface area (Å²) < 4.78 is 33.1. The van der Waals surface area contributed by atoms with E-state index in [2.05, 4.69) is 0 Å². The Balaban J connectivity index is 2.34. The van der Waals surface area contributed by atoms with Crippen molar-refractivity contribution in [1.29, 1.82) is 0 Å². The van der Waals surface area contributed by atoms with Crippen molar-refractivity contribution in [3.63, 3.8) is 0 Å². The van der Waals surface area contributed by atoms with E-state index < -0.39 is 14.9 Å². The van der Waals surface area contributed by atoms with Crippen LogP contribution in [0.1, 0.15) is 37.3 Å². The van der Waals surface area contributed by atoms with Crippen molar-refractivity contribution in [1.82, 2.24) is 4.31 Å². The number of benzene rings is 1. The molecule has 1 heterocycles. The molecule has 1 atom stereocenters. The molecule has 0 aromatic heterocycles. The van der Waals surface area contributed by atoms with Crippen LogP contribution in [0.15, 0.2) is 17.0 Å². The monoisotopic (exact) mass is 356 g/mol. The van der Waals surface area contributed by atoms with E-state index in [4.69, 9.17) is 4.74 Å². The molecule has 1 aromatic rings. The summed E-state index contributed by atoms with van der Waals surface area (Å²) in [6.45, 7) is 6.69. The number of piperidine rings is 1. The van der Waals surface area contributed by atoms with Crippen LogP contribution in [0.5, 0.6) is 0 Å². The van der Waals surface area contributed by atoms with Gasteiger partial charge in [-0.3, -0.25) is 10.1 Å². The van der Waals surface area contributed by atoms with Crippen molar-refractivity contribution in [2.75, 3.05) is 19.7 Å². The molecule has 0 N–H and O–H groups in total. The molecule has 1 saturated heterocycles. The first-order valence-electron chi connectivity index (χ1n) is 8.14. The highest BCUT2D eigenvalue weighted by Crippen LogP contribution is 2.29. The van der Waals surface area contributed by atoms with E-state index in [1.54, 1.807) is 13.8 Å². The van der Waals surface area contributed by atoms with Gasteiger partial charge in [0.15, 0.2) is 0 Å². The van der Waals surface area contributed by atoms with Crippen LogP contribution in [0.4, 0.5) is 5.69 Å². The smallest absolute Gasteiger partial charge is 0.271 e. The van der Waals surface area contributed by atoms with Gasteiger partial charge in [-0.15, -0.1) is 0 Å². The summed E-state index contributed by atoms with van der Waals surface area (Å²) in [6, 6.07) is 2.56. The van der Waals surface area contributed by atoms with Gasteiger partial charge < -0.3 is 4.74 Å². The zero-order valence-corrected chi connectivity index (χ0v) is 15.1. The lowest BCUT2D eigenvalue weighted by atomic mass is 10.1. The molecule has 0 bridgehead atoms. The maximum absolute atomic E-state index is 13.0. The molecule has 1 unspecified atom stereocenters. The van der Waals surface area contributed by atoms with Gasteiger partial charge in [-0.05, 0) is 44.2 Å². The summed E-state index contributed by atoms with van der Waals surface area (Å²) in [7, 11) is -3.78. The minimum absolute atomic E-state index is 0.0188. The van der Waals surface area contributed by atoms with Gasteiger partial charge in [-0.1, -0.05) is 6.92 Å². The maximum atomic E-state index is 13.0. The molecular formula is C16H24N2O5S. The predicted octanol–water partition coefficient (Wildman–Crippen LogP) is 2.79. The molecule has 1 aromatic carbocycles. The van der Waals surface area contributed by atoms with E-state index in [0.29, 0.717) is 30.8 Å². The second-order valence-electron chi connectivity index (χ2n) is 6.14. The number of ether oxygens (including phenoxy) is 1. The summed E-state index contributed by atoms with van der Waals surface area (Å²) in [5.74, 6) is 0. The Morgan fingerprint density at radius 2 is 2.08 bits per heavy atom. The Hall–Kier alpha value is -1.51. The first kappa shape index (κ1) is 18.8. The predicted molar refractivity (Wildman–Crippen MR) is 90.6 cm³/mol. The molecule has 24 heavy (non-hydrogen) atoms. The molecular weight excluding hydrogens is 332 g/mol. The summed E-state index contributed by atoms with van der Waals surface area (Å²) in [5, 5.41) is 11.1. The molecule has 1 aliphatic rings. The number of nitro groups is 1. The largest absolute Gasteiger partial charge is 0.377 e. The number of hydrogen-bond donors (Lipinski definition) is 0. The Kier molecular flexibility index (Phi) is 5.95. The number of hydrogen-bond acceptors (Lipinski definition) is 5. The van der Waals surface area contributed by atoms with E-state index in [-0.39, 0.29) is 16.7 Å². The van der Waals surface area contributed by atoms with Crippen molar-refractivity contribution in [3.8, 4) is 0 Å². The van der Waals surface area contributed by atoms with Gasteiger partial charge in [0, 0.05) is 31.8 Å². The van der Waals surface area contributed by atoms with Crippen LogP contribution in [-0.4, -0.2) is 43.4 Å². The van der Waals surface area contributed by atoms with Crippen molar-refractivity contribution in [2.45, 2.75) is 51.0 Å². The summed E-state index contributed by atoms with van der Waals surface area (Å²) >= 11 is 0. The average Bonchev–Trinajstić information content (AvgIpc) is 2.55. The van der Waals surface area contributed by atoms with Gasteiger partial charge in [0.2, 0.25) is 10.0 Å². The molecule has 7 nitrogen and oxygen atoms in total. The molecule has 1 fully saturated rings. The third kappa shape index (κ3) is 3.93. The lowest BCUT2D eigenvalue weighted by molar-refractivity contribution is -0.385. The normalized spacial score (nSPS) is 19.4. The second kappa shape index (κ2) is 7.58. The molecule has 8 heteroatoms. The number of nitrogens with zero attached hydrogens (tertiary/aromatic N) is 2. The lowest BCUT2D eigenvalue weighted by Gasteiger charge is -2.32. The van der Waals surface area contributed by atoms with Crippen molar-refractivity contribution >= 4 is 15.7 Å². The van der Waals surface area contributed by atoms with Crippen LogP contribution in [0.2, 0.25) is 0 Å². The number of non-ortho nitro benzene ring substituents is 1. The minimum atomic E-state index is -3.78. The van der Waals surface area contributed by atoms with Crippen molar-refractivity contribution in [3.05, 3.63) is 33.4 Å². The SMILES string of the molecule is CCCOC1CCCN(S(=O)(=O)c2cc([N+](=O)[O-])cc(C)c2C)C1. The topological polar surface area (TPSA) is 89.8 Å². The maximum Gasteiger partial charge on any atom is 0.271 e. The van der Waals surface area contributed by atoms with Crippen LogP contribution in [0, 0.1) is 24.0 Å². The van der Waals surface area contributed by atoms with Gasteiger partial charge in [0.1, 0.15) is 0 Å². The molecule has 0 radical (unpaired) electrons. The highest BCUT2D eigenvalue weighted by atomic mass is 32.2. The summed E-state index contributed by atoms with van der Waals surface area (Å²) in [4.78, 5) is 10.5. The van der Waals surface area contributed by atoms with Crippen LogP contribution >= 0.6 is 0 Å². The van der Waals surface area contributed by atoms with E-state index >= 15 is 0 Å². The highest BCUT2D eigenvalue weighted by molar-refractivity contribution is 7.89. The van der Waals surface area contributed by atoms with Gasteiger partial charge in [-0.2, -0.15) is 4.31 Å². The number of sulfonamides is 1. The van der Waals surface area contributed by atoms with Crippen LogP contribution in [-0.2, 0) is 14.8 Å². The van der Waals surface area contributed by atoms with E-state index in [1.807, 2.05) is 6.92 Å². The Morgan fingerprint density at radius 3 is 2.71 bits per heavy atom. The first-order chi connectivity index (χ1) is 11.3. The van der Waals surface area contributed by atoms with E-state index in [1.165, 1.54) is 10.4 Å². The molecule has 134 valence electrons. The first-order valence-corrected chi connectivity index (χ1v) is 9.58. The molecule has 0 saturated carbocycles. The number of aryl methyl sites for hydroxylation is 1. The fourth-order valence-corrected chi connectivity index (χ4v) is 4.69. The van der Waals surface area contributed by atoms with Crippen molar-refractivity contribution < 1.29 is 18.1 Å². The van der Waals surface area contributed by atoms with Crippen LogP contribution in [0.25, 0.3) is 0 Å².